The molecule has 2 aromatic carbocycles. The number of carbonyl (C=O) groups excluding carboxylic acids is 1. The number of benzene rings is 2. The standard InChI is InChI=1S/C22H30N4O2/c1-4-23-22(24-15-5-6-17-9-13-20(27)14-10-17)25-16-18-7-11-19(12-8-18)21(28)26(2)3/h7-14,27H,4-6,15-16H2,1-3H3,(H2,23,24,25). The number of aromatic hydroxyl groups is 1. The predicted octanol–water partition coefficient (Wildman–Crippen LogP) is 2.78. The maximum atomic E-state index is 11.9. The van der Waals surface area contributed by atoms with Crippen LogP contribution < -0.4 is 10.6 Å². The van der Waals surface area contributed by atoms with Crippen LogP contribution in [0.15, 0.2) is 53.5 Å². The quantitative estimate of drug-likeness (QED) is 0.373. The summed E-state index contributed by atoms with van der Waals surface area (Å²) in [5.74, 6) is 1.07. The average molecular weight is 383 g/mol. The van der Waals surface area contributed by atoms with Crippen molar-refractivity contribution in [1.29, 1.82) is 0 Å². The number of hydrogen-bond acceptors (Lipinski definition) is 3. The number of aryl methyl sites for hydroxylation is 1. The molecule has 0 aliphatic carbocycles. The van der Waals surface area contributed by atoms with E-state index in [-0.39, 0.29) is 5.91 Å². The lowest BCUT2D eigenvalue weighted by molar-refractivity contribution is 0.0827. The highest BCUT2D eigenvalue weighted by atomic mass is 16.3. The third-order valence-electron chi connectivity index (χ3n) is 4.24. The van der Waals surface area contributed by atoms with Gasteiger partial charge in [-0.2, -0.15) is 0 Å². The molecule has 28 heavy (non-hydrogen) atoms. The predicted molar refractivity (Wildman–Crippen MR) is 114 cm³/mol. The summed E-state index contributed by atoms with van der Waals surface area (Å²) in [4.78, 5) is 18.1. The summed E-state index contributed by atoms with van der Waals surface area (Å²) in [5, 5.41) is 15.9. The largest absolute Gasteiger partial charge is 0.508 e. The topological polar surface area (TPSA) is 77.0 Å². The van der Waals surface area contributed by atoms with Crippen LogP contribution in [0.4, 0.5) is 0 Å². The van der Waals surface area contributed by atoms with Gasteiger partial charge in [0.2, 0.25) is 0 Å². The Bertz CT molecular complexity index is 768. The van der Waals surface area contributed by atoms with Crippen molar-refractivity contribution in [2.75, 3.05) is 27.2 Å². The summed E-state index contributed by atoms with van der Waals surface area (Å²) < 4.78 is 0. The lowest BCUT2D eigenvalue weighted by atomic mass is 10.1. The Morgan fingerprint density at radius 2 is 1.64 bits per heavy atom. The van der Waals surface area contributed by atoms with Crippen LogP contribution in [0.2, 0.25) is 0 Å². The fourth-order valence-electron chi connectivity index (χ4n) is 2.68. The molecule has 1 amide bonds. The Morgan fingerprint density at radius 3 is 2.25 bits per heavy atom. The zero-order valence-electron chi connectivity index (χ0n) is 16.9. The van der Waals surface area contributed by atoms with Crippen molar-refractivity contribution in [3.63, 3.8) is 0 Å². The third kappa shape index (κ3) is 6.95. The molecule has 0 saturated heterocycles. The molecule has 2 aromatic rings. The molecule has 6 heteroatoms. The number of rotatable bonds is 8. The minimum absolute atomic E-state index is 0.00122. The number of phenols is 1. The molecule has 0 fully saturated rings. The molecule has 0 spiro atoms. The monoisotopic (exact) mass is 382 g/mol. The minimum Gasteiger partial charge on any atom is -0.508 e. The van der Waals surface area contributed by atoms with E-state index in [1.807, 2.05) is 43.3 Å². The van der Waals surface area contributed by atoms with Gasteiger partial charge in [0.25, 0.3) is 5.91 Å². The smallest absolute Gasteiger partial charge is 0.253 e. The average Bonchev–Trinajstić information content (AvgIpc) is 2.70. The van der Waals surface area contributed by atoms with E-state index in [9.17, 15) is 9.90 Å². The molecule has 0 atom stereocenters. The molecule has 0 aliphatic heterocycles. The molecule has 0 unspecified atom stereocenters. The second-order valence-electron chi connectivity index (χ2n) is 6.79. The first-order valence-electron chi connectivity index (χ1n) is 9.60. The van der Waals surface area contributed by atoms with Crippen LogP contribution in [0.3, 0.4) is 0 Å². The minimum atomic E-state index is -0.00122. The number of amides is 1. The van der Waals surface area contributed by atoms with Crippen LogP contribution in [-0.2, 0) is 13.0 Å². The van der Waals surface area contributed by atoms with Gasteiger partial charge in [0, 0.05) is 32.7 Å². The highest BCUT2D eigenvalue weighted by molar-refractivity contribution is 5.93. The molecule has 0 aliphatic rings. The number of phenolic OH excluding ortho intramolecular Hbond substituents is 1. The lowest BCUT2D eigenvalue weighted by Gasteiger charge is -2.12. The summed E-state index contributed by atoms with van der Waals surface area (Å²) in [6, 6.07) is 14.9. The molecule has 0 heterocycles. The first-order valence-corrected chi connectivity index (χ1v) is 9.60. The maximum absolute atomic E-state index is 11.9. The molecule has 0 radical (unpaired) electrons. The van der Waals surface area contributed by atoms with Crippen LogP contribution in [0.5, 0.6) is 5.75 Å². The molecule has 150 valence electrons. The molecule has 3 N–H and O–H groups in total. The Hall–Kier alpha value is -3.02. The van der Waals surface area contributed by atoms with Gasteiger partial charge in [0.05, 0.1) is 6.54 Å². The second kappa shape index (κ2) is 11.0. The van der Waals surface area contributed by atoms with E-state index >= 15 is 0 Å². The van der Waals surface area contributed by atoms with E-state index in [1.165, 1.54) is 5.56 Å². The highest BCUT2D eigenvalue weighted by Crippen LogP contribution is 2.11. The van der Waals surface area contributed by atoms with Crippen LogP contribution in [0.25, 0.3) is 0 Å². The summed E-state index contributed by atoms with van der Waals surface area (Å²) in [6.07, 6.45) is 1.91. The van der Waals surface area contributed by atoms with Gasteiger partial charge in [-0.05, 0) is 55.2 Å². The van der Waals surface area contributed by atoms with Crippen molar-refractivity contribution in [3.05, 3.63) is 65.2 Å². The maximum Gasteiger partial charge on any atom is 0.253 e. The fourth-order valence-corrected chi connectivity index (χ4v) is 2.68. The molecule has 6 nitrogen and oxygen atoms in total. The van der Waals surface area contributed by atoms with Crippen LogP contribution in [0, 0.1) is 0 Å². The van der Waals surface area contributed by atoms with E-state index in [0.717, 1.165) is 37.5 Å². The summed E-state index contributed by atoms with van der Waals surface area (Å²) in [7, 11) is 3.49. The van der Waals surface area contributed by atoms with Crippen molar-refractivity contribution in [2.45, 2.75) is 26.3 Å². The molecule has 0 bridgehead atoms. The fraction of sp³-hybridized carbons (Fsp3) is 0.364. The molecule has 0 saturated carbocycles. The number of nitrogens with one attached hydrogen (secondary N) is 2. The number of carbonyl (C=O) groups is 1. The van der Waals surface area contributed by atoms with Crippen molar-refractivity contribution in [1.82, 2.24) is 15.5 Å². The molecular formula is C22H30N4O2. The normalized spacial score (nSPS) is 11.2. The van der Waals surface area contributed by atoms with Gasteiger partial charge in [-0.3, -0.25) is 4.79 Å². The SMILES string of the molecule is CCNC(=NCc1ccc(C(=O)N(C)C)cc1)NCCCc1ccc(O)cc1. The van der Waals surface area contributed by atoms with Crippen molar-refractivity contribution in [3.8, 4) is 5.75 Å². The van der Waals surface area contributed by atoms with Crippen molar-refractivity contribution in [2.24, 2.45) is 4.99 Å². The van der Waals surface area contributed by atoms with Gasteiger partial charge in [-0.25, -0.2) is 4.99 Å². The van der Waals surface area contributed by atoms with E-state index in [1.54, 1.807) is 31.1 Å². The van der Waals surface area contributed by atoms with Crippen molar-refractivity contribution < 1.29 is 9.90 Å². The number of aliphatic imine (C=N–C) groups is 1. The first-order chi connectivity index (χ1) is 13.5. The summed E-state index contributed by atoms with van der Waals surface area (Å²) in [5.41, 5.74) is 2.93. The first kappa shape index (κ1) is 21.3. The summed E-state index contributed by atoms with van der Waals surface area (Å²) >= 11 is 0. The zero-order valence-corrected chi connectivity index (χ0v) is 16.9. The Morgan fingerprint density at radius 1 is 1.00 bits per heavy atom. The Balaban J connectivity index is 1.84. The molecule has 2 rings (SSSR count). The Kier molecular flexibility index (Phi) is 8.34. The van der Waals surface area contributed by atoms with Crippen LogP contribution >= 0.6 is 0 Å². The van der Waals surface area contributed by atoms with Crippen LogP contribution in [0.1, 0.15) is 34.8 Å². The van der Waals surface area contributed by atoms with E-state index in [2.05, 4.69) is 15.6 Å². The lowest BCUT2D eigenvalue weighted by Crippen LogP contribution is -2.37. The van der Waals surface area contributed by atoms with Crippen LogP contribution in [-0.4, -0.2) is 49.1 Å². The second-order valence-corrected chi connectivity index (χ2v) is 6.79. The Labute approximate surface area is 167 Å². The van der Waals surface area contributed by atoms with E-state index in [4.69, 9.17) is 0 Å². The van der Waals surface area contributed by atoms with E-state index < -0.39 is 0 Å². The van der Waals surface area contributed by atoms with E-state index in [0.29, 0.717) is 17.9 Å². The van der Waals surface area contributed by atoms with Gasteiger partial charge in [-0.15, -0.1) is 0 Å². The van der Waals surface area contributed by atoms with Gasteiger partial charge in [-0.1, -0.05) is 24.3 Å². The molecular weight excluding hydrogens is 352 g/mol. The number of nitrogens with zero attached hydrogens (tertiary/aromatic N) is 2. The van der Waals surface area contributed by atoms with Crippen molar-refractivity contribution >= 4 is 11.9 Å². The van der Waals surface area contributed by atoms with Gasteiger partial charge in [0.15, 0.2) is 5.96 Å². The zero-order chi connectivity index (χ0) is 20.4. The number of hydrogen-bond donors (Lipinski definition) is 3. The summed E-state index contributed by atoms with van der Waals surface area (Å²) in [6.45, 7) is 4.18. The molecule has 0 aromatic heterocycles. The van der Waals surface area contributed by atoms with Gasteiger partial charge in [0.1, 0.15) is 5.75 Å². The van der Waals surface area contributed by atoms with Gasteiger partial charge >= 0.3 is 0 Å². The third-order valence-corrected chi connectivity index (χ3v) is 4.24. The highest BCUT2D eigenvalue weighted by Gasteiger charge is 2.07. The number of guanidine groups is 1. The van der Waals surface area contributed by atoms with Gasteiger partial charge < -0.3 is 20.6 Å².